The number of carbonyl (C=O) groups is 1. The first kappa shape index (κ1) is 15.0. The van der Waals surface area contributed by atoms with E-state index in [0.29, 0.717) is 12.3 Å². The Labute approximate surface area is 138 Å². The van der Waals surface area contributed by atoms with Crippen molar-refractivity contribution in [1.29, 1.82) is 0 Å². The predicted octanol–water partition coefficient (Wildman–Crippen LogP) is 3.29. The number of fused-ring (bicyclic) bond motifs is 2. The van der Waals surface area contributed by atoms with Gasteiger partial charge in [0.05, 0.1) is 24.6 Å². The van der Waals surface area contributed by atoms with Crippen molar-refractivity contribution in [2.24, 2.45) is 17.8 Å². The topological polar surface area (TPSA) is 41.6 Å². The van der Waals surface area contributed by atoms with Gasteiger partial charge in [0.25, 0.3) is 0 Å². The van der Waals surface area contributed by atoms with Crippen LogP contribution in [0.5, 0.6) is 0 Å². The van der Waals surface area contributed by atoms with Gasteiger partial charge in [-0.1, -0.05) is 18.6 Å². The van der Waals surface area contributed by atoms with Crippen LogP contribution in [0.25, 0.3) is 0 Å². The minimum atomic E-state index is 0.184. The summed E-state index contributed by atoms with van der Waals surface area (Å²) in [6.07, 6.45) is 6.06. The number of hydrogen-bond donors (Lipinski definition) is 1. The van der Waals surface area contributed by atoms with E-state index in [1.165, 1.54) is 25.7 Å². The van der Waals surface area contributed by atoms with Crippen molar-refractivity contribution in [2.75, 3.05) is 36.5 Å². The molecule has 3 aliphatic rings. The van der Waals surface area contributed by atoms with Gasteiger partial charge < -0.3 is 15.0 Å². The summed E-state index contributed by atoms with van der Waals surface area (Å²) in [6.45, 7) is 3.29. The highest BCUT2D eigenvalue weighted by atomic mass is 16.5. The lowest BCUT2D eigenvalue weighted by Gasteiger charge is -2.30. The minimum absolute atomic E-state index is 0.184. The molecule has 1 aromatic carbocycles. The Balaban J connectivity index is 1.41. The van der Waals surface area contributed by atoms with Gasteiger partial charge in [-0.25, -0.2) is 0 Å². The number of nitrogens with one attached hydrogen (secondary N) is 1. The summed E-state index contributed by atoms with van der Waals surface area (Å²) in [5.41, 5.74) is 2.07. The highest BCUT2D eigenvalue weighted by molar-refractivity contribution is 5.94. The van der Waals surface area contributed by atoms with Crippen LogP contribution in [0.2, 0.25) is 0 Å². The average molecular weight is 314 g/mol. The monoisotopic (exact) mass is 314 g/mol. The summed E-state index contributed by atoms with van der Waals surface area (Å²) in [6, 6.07) is 8.15. The second-order valence-corrected chi connectivity index (χ2v) is 7.30. The van der Waals surface area contributed by atoms with E-state index in [2.05, 4.69) is 16.3 Å². The Kier molecular flexibility index (Phi) is 4.25. The van der Waals surface area contributed by atoms with Crippen molar-refractivity contribution in [3.05, 3.63) is 24.3 Å². The SMILES string of the molecule is O=C(C[C@H]1C[C@@H]2CC[C@@H]1C2)Nc1ccccc1N1CCOCC1. The van der Waals surface area contributed by atoms with Crippen molar-refractivity contribution < 1.29 is 9.53 Å². The zero-order valence-electron chi connectivity index (χ0n) is 13.7. The van der Waals surface area contributed by atoms with E-state index in [-0.39, 0.29) is 5.91 Å². The van der Waals surface area contributed by atoms with Gasteiger partial charge in [-0.05, 0) is 49.1 Å². The van der Waals surface area contributed by atoms with Crippen molar-refractivity contribution in [1.82, 2.24) is 0 Å². The van der Waals surface area contributed by atoms with Gasteiger partial charge >= 0.3 is 0 Å². The Bertz CT molecular complexity index is 568. The molecule has 1 amide bonds. The van der Waals surface area contributed by atoms with Crippen LogP contribution in [-0.4, -0.2) is 32.2 Å². The lowest BCUT2D eigenvalue weighted by atomic mass is 9.86. The Morgan fingerprint density at radius 2 is 2.00 bits per heavy atom. The molecule has 4 heteroatoms. The van der Waals surface area contributed by atoms with E-state index in [0.717, 1.165) is 49.5 Å². The molecule has 1 aromatic rings. The molecule has 124 valence electrons. The molecule has 3 fully saturated rings. The molecule has 2 bridgehead atoms. The second kappa shape index (κ2) is 6.52. The number of para-hydroxylation sites is 2. The van der Waals surface area contributed by atoms with E-state index >= 15 is 0 Å². The van der Waals surface area contributed by atoms with Crippen LogP contribution < -0.4 is 10.2 Å². The molecule has 1 N–H and O–H groups in total. The van der Waals surface area contributed by atoms with Gasteiger partial charge in [-0.3, -0.25) is 4.79 Å². The summed E-state index contributed by atoms with van der Waals surface area (Å²) in [7, 11) is 0. The zero-order chi connectivity index (χ0) is 15.6. The van der Waals surface area contributed by atoms with E-state index in [4.69, 9.17) is 4.74 Å². The molecule has 1 saturated heterocycles. The van der Waals surface area contributed by atoms with Crippen molar-refractivity contribution in [3.8, 4) is 0 Å². The molecular formula is C19H26N2O2. The van der Waals surface area contributed by atoms with E-state index in [1.807, 2.05) is 18.2 Å². The summed E-state index contributed by atoms with van der Waals surface area (Å²) in [5.74, 6) is 2.51. The van der Waals surface area contributed by atoms with Crippen LogP contribution in [0.4, 0.5) is 11.4 Å². The molecule has 0 spiro atoms. The second-order valence-electron chi connectivity index (χ2n) is 7.30. The first-order chi connectivity index (χ1) is 11.3. The quantitative estimate of drug-likeness (QED) is 0.927. The van der Waals surface area contributed by atoms with Crippen LogP contribution in [0, 0.1) is 17.8 Å². The highest BCUT2D eigenvalue weighted by Gasteiger charge is 2.40. The smallest absolute Gasteiger partial charge is 0.224 e. The maximum Gasteiger partial charge on any atom is 0.224 e. The lowest BCUT2D eigenvalue weighted by Crippen LogP contribution is -2.36. The maximum absolute atomic E-state index is 12.5. The zero-order valence-corrected chi connectivity index (χ0v) is 13.7. The first-order valence-electron chi connectivity index (χ1n) is 9.01. The van der Waals surface area contributed by atoms with Crippen LogP contribution in [0.3, 0.4) is 0 Å². The number of carbonyl (C=O) groups excluding carboxylic acids is 1. The third-order valence-corrected chi connectivity index (χ3v) is 5.86. The third kappa shape index (κ3) is 3.23. The molecule has 0 radical (unpaired) electrons. The largest absolute Gasteiger partial charge is 0.378 e. The molecule has 3 atom stereocenters. The van der Waals surface area contributed by atoms with Gasteiger partial charge in [0, 0.05) is 19.5 Å². The average Bonchev–Trinajstić information content (AvgIpc) is 3.19. The minimum Gasteiger partial charge on any atom is -0.378 e. The number of anilines is 2. The molecule has 0 aromatic heterocycles. The summed E-state index contributed by atoms with van der Waals surface area (Å²) >= 11 is 0. The van der Waals surface area contributed by atoms with Crippen molar-refractivity contribution >= 4 is 17.3 Å². The summed E-state index contributed by atoms with van der Waals surface area (Å²) < 4.78 is 5.43. The number of morpholine rings is 1. The number of hydrogen-bond acceptors (Lipinski definition) is 3. The Morgan fingerprint density at radius 3 is 2.74 bits per heavy atom. The Hall–Kier alpha value is -1.55. The van der Waals surface area contributed by atoms with Crippen molar-refractivity contribution in [3.63, 3.8) is 0 Å². The molecule has 1 heterocycles. The van der Waals surface area contributed by atoms with Crippen LogP contribution >= 0.6 is 0 Å². The van der Waals surface area contributed by atoms with Gasteiger partial charge in [0.15, 0.2) is 0 Å². The van der Waals surface area contributed by atoms with Crippen LogP contribution in [0.1, 0.15) is 32.1 Å². The highest BCUT2D eigenvalue weighted by Crippen LogP contribution is 2.49. The van der Waals surface area contributed by atoms with Crippen LogP contribution in [-0.2, 0) is 9.53 Å². The molecule has 2 aliphatic carbocycles. The molecule has 4 rings (SSSR count). The Morgan fingerprint density at radius 1 is 1.17 bits per heavy atom. The van der Waals surface area contributed by atoms with Gasteiger partial charge in [-0.15, -0.1) is 0 Å². The molecule has 0 unspecified atom stereocenters. The number of ether oxygens (including phenoxy) is 1. The molecule has 4 nitrogen and oxygen atoms in total. The lowest BCUT2D eigenvalue weighted by molar-refractivity contribution is -0.117. The number of benzene rings is 1. The molecule has 23 heavy (non-hydrogen) atoms. The molecule has 2 saturated carbocycles. The van der Waals surface area contributed by atoms with Crippen molar-refractivity contribution in [2.45, 2.75) is 32.1 Å². The fourth-order valence-corrected chi connectivity index (χ4v) is 4.73. The van der Waals surface area contributed by atoms with Gasteiger partial charge in [0.2, 0.25) is 5.91 Å². The van der Waals surface area contributed by atoms with E-state index in [9.17, 15) is 4.79 Å². The molecular weight excluding hydrogens is 288 g/mol. The number of amides is 1. The fourth-order valence-electron chi connectivity index (χ4n) is 4.73. The fraction of sp³-hybridized carbons (Fsp3) is 0.632. The van der Waals surface area contributed by atoms with Gasteiger partial charge in [-0.2, -0.15) is 0 Å². The number of nitrogens with zero attached hydrogens (tertiary/aromatic N) is 1. The summed E-state index contributed by atoms with van der Waals surface area (Å²) in [5, 5.41) is 3.17. The van der Waals surface area contributed by atoms with E-state index in [1.54, 1.807) is 0 Å². The van der Waals surface area contributed by atoms with Crippen LogP contribution in [0.15, 0.2) is 24.3 Å². The maximum atomic E-state index is 12.5. The predicted molar refractivity (Wildman–Crippen MR) is 91.7 cm³/mol. The van der Waals surface area contributed by atoms with E-state index < -0.39 is 0 Å². The molecule has 1 aliphatic heterocycles. The normalized spacial score (nSPS) is 29.7. The summed E-state index contributed by atoms with van der Waals surface area (Å²) in [4.78, 5) is 14.8. The first-order valence-corrected chi connectivity index (χ1v) is 9.01. The number of rotatable bonds is 4. The van der Waals surface area contributed by atoms with Gasteiger partial charge in [0.1, 0.15) is 0 Å². The standard InChI is InChI=1S/C19H26N2O2/c22-19(13-16-12-14-5-6-15(16)11-14)20-17-3-1-2-4-18(17)21-7-9-23-10-8-21/h1-4,14-16H,5-13H2,(H,20,22)/t14-,15-,16-/m1/s1. The third-order valence-electron chi connectivity index (χ3n) is 5.86.